The van der Waals surface area contributed by atoms with Crippen LogP contribution in [0.3, 0.4) is 0 Å². The Balaban J connectivity index is 0.00000256. The van der Waals surface area contributed by atoms with Crippen molar-refractivity contribution in [2.45, 2.75) is 46.5 Å². The van der Waals surface area contributed by atoms with E-state index in [9.17, 15) is 4.79 Å². The molecule has 0 saturated heterocycles. The van der Waals surface area contributed by atoms with Gasteiger partial charge in [0.2, 0.25) is 5.91 Å². The maximum absolute atomic E-state index is 12.3. The van der Waals surface area contributed by atoms with Crippen LogP contribution in [0.25, 0.3) is 0 Å². The molecule has 1 aliphatic rings. The van der Waals surface area contributed by atoms with Crippen LogP contribution in [-0.2, 0) is 4.79 Å². The molecule has 0 bridgehead atoms. The summed E-state index contributed by atoms with van der Waals surface area (Å²) in [5, 5.41) is 0. The van der Waals surface area contributed by atoms with Gasteiger partial charge in [-0.3, -0.25) is 4.79 Å². The van der Waals surface area contributed by atoms with E-state index in [-0.39, 0.29) is 23.2 Å². The fourth-order valence-electron chi connectivity index (χ4n) is 2.38. The minimum Gasteiger partial charge on any atom is -0.345 e. The quantitative estimate of drug-likeness (QED) is 0.799. The number of halogens is 1. The fourth-order valence-corrected chi connectivity index (χ4v) is 2.38. The molecule has 1 rings (SSSR count). The zero-order valence-electron chi connectivity index (χ0n) is 11.6. The normalized spacial score (nSPS) is 17.2. The lowest BCUT2D eigenvalue weighted by atomic mass is 9.91. The van der Waals surface area contributed by atoms with E-state index >= 15 is 0 Å². The Morgan fingerprint density at radius 3 is 2.29 bits per heavy atom. The van der Waals surface area contributed by atoms with Crippen LogP contribution in [0.5, 0.6) is 0 Å². The van der Waals surface area contributed by atoms with E-state index in [0.717, 1.165) is 32.2 Å². The van der Waals surface area contributed by atoms with Crippen molar-refractivity contribution in [2.75, 3.05) is 20.1 Å². The number of nitrogens with zero attached hydrogens (tertiary/aromatic N) is 1. The highest BCUT2D eigenvalue weighted by atomic mass is 35.5. The van der Waals surface area contributed by atoms with Gasteiger partial charge in [-0.1, -0.05) is 27.2 Å². The molecule has 102 valence electrons. The van der Waals surface area contributed by atoms with Gasteiger partial charge >= 0.3 is 0 Å². The molecule has 0 aromatic heterocycles. The van der Waals surface area contributed by atoms with Crippen molar-refractivity contribution in [3.8, 4) is 0 Å². The summed E-state index contributed by atoms with van der Waals surface area (Å²) in [5.74, 6) is 0.330. The summed E-state index contributed by atoms with van der Waals surface area (Å²) in [7, 11) is 1.91. The van der Waals surface area contributed by atoms with E-state index in [1.807, 2.05) is 11.9 Å². The second-order valence-corrected chi connectivity index (χ2v) is 6.06. The minimum absolute atomic E-state index is 0. The summed E-state index contributed by atoms with van der Waals surface area (Å²) in [6, 6.07) is 0. The Morgan fingerprint density at radius 1 is 1.41 bits per heavy atom. The van der Waals surface area contributed by atoms with Gasteiger partial charge in [-0.25, -0.2) is 0 Å². The molecule has 1 aliphatic carbocycles. The van der Waals surface area contributed by atoms with Gasteiger partial charge in [-0.15, -0.1) is 12.4 Å². The van der Waals surface area contributed by atoms with Crippen LogP contribution < -0.4 is 5.73 Å². The molecule has 0 aromatic carbocycles. The zero-order chi connectivity index (χ0) is 12.4. The van der Waals surface area contributed by atoms with Crippen molar-refractivity contribution < 1.29 is 4.79 Å². The van der Waals surface area contributed by atoms with Crippen molar-refractivity contribution in [3.05, 3.63) is 0 Å². The van der Waals surface area contributed by atoms with Gasteiger partial charge in [0.1, 0.15) is 0 Å². The zero-order valence-corrected chi connectivity index (χ0v) is 12.4. The summed E-state index contributed by atoms with van der Waals surface area (Å²) in [6.07, 6.45) is 4.29. The molecular weight excluding hydrogens is 236 g/mol. The van der Waals surface area contributed by atoms with Gasteiger partial charge in [0, 0.05) is 19.0 Å². The monoisotopic (exact) mass is 262 g/mol. The Bertz CT molecular complexity index is 262. The van der Waals surface area contributed by atoms with Crippen molar-refractivity contribution in [3.63, 3.8) is 0 Å². The number of carbonyl (C=O) groups is 1. The van der Waals surface area contributed by atoms with Crippen LogP contribution in [-0.4, -0.2) is 30.9 Å². The summed E-state index contributed by atoms with van der Waals surface area (Å²) >= 11 is 0. The highest BCUT2D eigenvalue weighted by molar-refractivity contribution is 5.85. The first-order valence-corrected chi connectivity index (χ1v) is 6.32. The minimum atomic E-state index is -0.00578. The largest absolute Gasteiger partial charge is 0.345 e. The molecular formula is C13H27ClN2O. The van der Waals surface area contributed by atoms with Gasteiger partial charge in [0.15, 0.2) is 0 Å². The molecule has 4 heteroatoms. The maximum atomic E-state index is 12.3. The van der Waals surface area contributed by atoms with Crippen molar-refractivity contribution in [1.82, 2.24) is 4.90 Å². The van der Waals surface area contributed by atoms with E-state index in [4.69, 9.17) is 5.73 Å². The standard InChI is InChI=1S/C13H26N2O.ClH/c1-5-6-13(7-8-13)11(16)15(4)10-12(2,3)9-14;/h5-10,14H2,1-4H3;1H. The molecule has 17 heavy (non-hydrogen) atoms. The number of rotatable bonds is 6. The lowest BCUT2D eigenvalue weighted by Crippen LogP contribution is -2.42. The number of hydrogen-bond acceptors (Lipinski definition) is 2. The summed E-state index contributed by atoms with van der Waals surface area (Å²) in [5.41, 5.74) is 5.71. The molecule has 0 aromatic rings. The van der Waals surface area contributed by atoms with Gasteiger partial charge in [-0.2, -0.15) is 0 Å². The second kappa shape index (κ2) is 6.05. The Labute approximate surface area is 112 Å². The lowest BCUT2D eigenvalue weighted by Gasteiger charge is -2.31. The van der Waals surface area contributed by atoms with Crippen LogP contribution in [0, 0.1) is 10.8 Å². The first kappa shape index (κ1) is 16.7. The molecule has 0 radical (unpaired) electrons. The predicted octanol–water partition coefficient (Wildman–Crippen LogP) is 2.43. The summed E-state index contributed by atoms with van der Waals surface area (Å²) < 4.78 is 0. The van der Waals surface area contributed by atoms with E-state index in [0.29, 0.717) is 12.5 Å². The molecule has 0 aliphatic heterocycles. The molecule has 0 spiro atoms. The van der Waals surface area contributed by atoms with Crippen LogP contribution in [0.15, 0.2) is 0 Å². The third-order valence-corrected chi connectivity index (χ3v) is 3.60. The summed E-state index contributed by atoms with van der Waals surface area (Å²) in [4.78, 5) is 14.2. The van der Waals surface area contributed by atoms with Crippen molar-refractivity contribution in [2.24, 2.45) is 16.6 Å². The average molecular weight is 263 g/mol. The number of carbonyl (C=O) groups excluding carboxylic acids is 1. The predicted molar refractivity (Wildman–Crippen MR) is 74.3 cm³/mol. The van der Waals surface area contributed by atoms with Crippen LogP contribution in [0.2, 0.25) is 0 Å². The van der Waals surface area contributed by atoms with Crippen LogP contribution in [0.1, 0.15) is 46.5 Å². The van der Waals surface area contributed by atoms with Gasteiger partial charge in [-0.05, 0) is 31.2 Å². The lowest BCUT2D eigenvalue weighted by molar-refractivity contribution is -0.137. The Hall–Kier alpha value is -0.280. The second-order valence-electron chi connectivity index (χ2n) is 6.06. The van der Waals surface area contributed by atoms with E-state index in [1.54, 1.807) is 0 Å². The van der Waals surface area contributed by atoms with Gasteiger partial charge < -0.3 is 10.6 Å². The molecule has 0 atom stereocenters. The number of nitrogens with two attached hydrogens (primary N) is 1. The molecule has 1 saturated carbocycles. The number of amides is 1. The van der Waals surface area contributed by atoms with Gasteiger partial charge in [0.05, 0.1) is 0 Å². The molecule has 1 amide bonds. The molecule has 0 heterocycles. The summed E-state index contributed by atoms with van der Waals surface area (Å²) in [6.45, 7) is 7.74. The molecule has 3 nitrogen and oxygen atoms in total. The van der Waals surface area contributed by atoms with E-state index < -0.39 is 0 Å². The van der Waals surface area contributed by atoms with Crippen LogP contribution in [0.4, 0.5) is 0 Å². The fraction of sp³-hybridized carbons (Fsp3) is 0.923. The number of hydrogen-bond donors (Lipinski definition) is 1. The highest BCUT2D eigenvalue weighted by Gasteiger charge is 2.50. The van der Waals surface area contributed by atoms with Crippen LogP contribution >= 0.6 is 12.4 Å². The maximum Gasteiger partial charge on any atom is 0.228 e. The molecule has 0 unspecified atom stereocenters. The smallest absolute Gasteiger partial charge is 0.228 e. The van der Waals surface area contributed by atoms with E-state index in [1.165, 1.54) is 0 Å². The third kappa shape index (κ3) is 4.14. The first-order chi connectivity index (χ1) is 7.37. The van der Waals surface area contributed by atoms with Gasteiger partial charge in [0.25, 0.3) is 0 Å². The first-order valence-electron chi connectivity index (χ1n) is 6.32. The Kier molecular flexibility index (Phi) is 5.95. The topological polar surface area (TPSA) is 46.3 Å². The SMILES string of the molecule is CCCC1(C(=O)N(C)CC(C)(C)CN)CC1.Cl. The third-order valence-electron chi connectivity index (χ3n) is 3.60. The average Bonchev–Trinajstić information content (AvgIpc) is 2.98. The van der Waals surface area contributed by atoms with E-state index in [2.05, 4.69) is 20.8 Å². The Morgan fingerprint density at radius 2 is 1.94 bits per heavy atom. The van der Waals surface area contributed by atoms with Crippen molar-refractivity contribution >= 4 is 18.3 Å². The molecule has 1 fully saturated rings. The molecule has 2 N–H and O–H groups in total. The van der Waals surface area contributed by atoms with Crippen molar-refractivity contribution in [1.29, 1.82) is 0 Å². The highest BCUT2D eigenvalue weighted by Crippen LogP contribution is 2.51.